The quantitative estimate of drug-likeness (QED) is 0.872. The molecule has 2 N–H and O–H groups in total. The highest BCUT2D eigenvalue weighted by Crippen LogP contribution is 2.49. The van der Waals surface area contributed by atoms with Crippen LogP contribution in [0.25, 0.3) is 5.65 Å². The second-order valence-corrected chi connectivity index (χ2v) is 6.37. The molecule has 0 bridgehead atoms. The predicted molar refractivity (Wildman–Crippen MR) is 70.5 cm³/mol. The van der Waals surface area contributed by atoms with Gasteiger partial charge in [-0.15, -0.1) is 10.2 Å². The Kier molecular flexibility index (Phi) is 2.71. The average Bonchev–Trinajstić information content (AvgIpc) is 2.69. The van der Waals surface area contributed by atoms with Gasteiger partial charge in [-0.25, -0.2) is 13.8 Å². The number of rotatable bonds is 1. The molecule has 1 aliphatic carbocycles. The molecule has 0 aliphatic heterocycles. The fourth-order valence-corrected chi connectivity index (χ4v) is 3.27. The van der Waals surface area contributed by atoms with E-state index < -0.39 is 11.3 Å². The summed E-state index contributed by atoms with van der Waals surface area (Å²) < 4.78 is 29.5. The summed E-state index contributed by atoms with van der Waals surface area (Å²) in [7, 11) is 0. The number of hydrogen-bond acceptors (Lipinski definition) is 4. The highest BCUT2D eigenvalue weighted by atomic mass is 19.3. The number of alkyl halides is 2. The zero-order valence-electron chi connectivity index (χ0n) is 11.5. The molecule has 3 rings (SSSR count). The minimum absolute atomic E-state index is 0.0864. The summed E-state index contributed by atoms with van der Waals surface area (Å²) in [4.78, 5) is 3.93. The Morgan fingerprint density at radius 1 is 1.30 bits per heavy atom. The fourth-order valence-electron chi connectivity index (χ4n) is 3.27. The van der Waals surface area contributed by atoms with Gasteiger partial charge in [0.05, 0.1) is 0 Å². The molecule has 2 aromatic rings. The molecule has 5 nitrogen and oxygen atoms in total. The predicted octanol–water partition coefficient (Wildman–Crippen LogP) is 2.64. The Labute approximate surface area is 115 Å². The Balaban J connectivity index is 2.05. The van der Waals surface area contributed by atoms with Gasteiger partial charge in [0.25, 0.3) is 0 Å². The van der Waals surface area contributed by atoms with E-state index in [0.717, 1.165) is 0 Å². The highest BCUT2D eigenvalue weighted by Gasteiger charge is 2.46. The maximum atomic E-state index is 13.9. The summed E-state index contributed by atoms with van der Waals surface area (Å²) in [5.41, 5.74) is 5.73. The molecule has 0 radical (unpaired) electrons. The number of nitrogens with two attached hydrogens (primary N) is 1. The van der Waals surface area contributed by atoms with Gasteiger partial charge in [0, 0.05) is 31.2 Å². The van der Waals surface area contributed by atoms with Gasteiger partial charge in [0.15, 0.2) is 5.82 Å². The van der Waals surface area contributed by atoms with Crippen molar-refractivity contribution in [3.8, 4) is 0 Å². The second-order valence-electron chi connectivity index (χ2n) is 6.37. The summed E-state index contributed by atoms with van der Waals surface area (Å²) in [6.07, 6.45) is 3.57. The Bertz CT molecular complexity index is 633. The van der Waals surface area contributed by atoms with E-state index in [1.807, 2.05) is 13.8 Å². The van der Waals surface area contributed by atoms with Crippen LogP contribution >= 0.6 is 0 Å². The normalized spacial score (nSPS) is 24.9. The van der Waals surface area contributed by atoms with Crippen LogP contribution in [0.3, 0.4) is 0 Å². The van der Waals surface area contributed by atoms with Crippen LogP contribution in [0, 0.1) is 5.41 Å². The van der Waals surface area contributed by atoms with Crippen molar-refractivity contribution in [2.75, 3.05) is 5.73 Å². The maximum Gasteiger partial charge on any atom is 0.249 e. The van der Waals surface area contributed by atoms with Crippen molar-refractivity contribution in [2.24, 2.45) is 5.41 Å². The lowest BCUT2D eigenvalue weighted by Gasteiger charge is -2.39. The van der Waals surface area contributed by atoms with Gasteiger partial charge in [0.2, 0.25) is 11.6 Å². The molecular weight excluding hydrogens is 264 g/mol. The summed E-state index contributed by atoms with van der Waals surface area (Å²) >= 11 is 0. The third-order valence-corrected chi connectivity index (χ3v) is 3.83. The number of nitrogen functional groups attached to an aromatic ring is 1. The number of anilines is 1. The third-order valence-electron chi connectivity index (χ3n) is 3.83. The number of nitrogens with zero attached hydrogens (tertiary/aromatic N) is 4. The molecule has 1 fully saturated rings. The first-order chi connectivity index (χ1) is 9.27. The first-order valence-electron chi connectivity index (χ1n) is 6.60. The SMILES string of the molecule is CC1(C)CC(c2nnc3c(N)nccn23)CC(F)(F)C1. The molecule has 7 heteroatoms. The lowest BCUT2D eigenvalue weighted by Crippen LogP contribution is -2.36. The third kappa shape index (κ3) is 2.21. The van der Waals surface area contributed by atoms with Gasteiger partial charge in [-0.2, -0.15) is 0 Å². The first-order valence-corrected chi connectivity index (χ1v) is 6.60. The lowest BCUT2D eigenvalue weighted by atomic mass is 9.70. The smallest absolute Gasteiger partial charge is 0.249 e. The van der Waals surface area contributed by atoms with E-state index >= 15 is 0 Å². The summed E-state index contributed by atoms with van der Waals surface area (Å²) in [6.45, 7) is 3.73. The molecule has 0 amide bonds. The van der Waals surface area contributed by atoms with E-state index in [1.165, 1.54) is 6.20 Å². The van der Waals surface area contributed by atoms with Gasteiger partial charge < -0.3 is 5.73 Å². The molecular formula is C13H17F2N5. The van der Waals surface area contributed by atoms with E-state index in [1.54, 1.807) is 10.6 Å². The Morgan fingerprint density at radius 3 is 2.75 bits per heavy atom. The van der Waals surface area contributed by atoms with Crippen LogP contribution in [0.5, 0.6) is 0 Å². The zero-order chi connectivity index (χ0) is 14.5. The molecule has 1 saturated carbocycles. The molecule has 20 heavy (non-hydrogen) atoms. The number of aromatic nitrogens is 4. The molecule has 0 spiro atoms. The van der Waals surface area contributed by atoms with E-state index in [4.69, 9.17) is 5.73 Å². The molecule has 1 atom stereocenters. The average molecular weight is 281 g/mol. The van der Waals surface area contributed by atoms with Crippen LogP contribution in [0.2, 0.25) is 0 Å². The van der Waals surface area contributed by atoms with Crippen molar-refractivity contribution in [2.45, 2.75) is 45.0 Å². The Morgan fingerprint density at radius 2 is 2.05 bits per heavy atom. The fraction of sp³-hybridized carbons (Fsp3) is 0.615. The second kappa shape index (κ2) is 4.10. The van der Waals surface area contributed by atoms with E-state index in [2.05, 4.69) is 15.2 Å². The number of halogens is 2. The van der Waals surface area contributed by atoms with Crippen molar-refractivity contribution < 1.29 is 8.78 Å². The van der Waals surface area contributed by atoms with Gasteiger partial charge >= 0.3 is 0 Å². The maximum absolute atomic E-state index is 13.9. The minimum atomic E-state index is -2.67. The van der Waals surface area contributed by atoms with E-state index in [9.17, 15) is 8.78 Å². The van der Waals surface area contributed by atoms with Crippen LogP contribution in [0.15, 0.2) is 12.4 Å². The van der Waals surface area contributed by atoms with Crippen molar-refractivity contribution in [3.05, 3.63) is 18.2 Å². The topological polar surface area (TPSA) is 69.1 Å². The van der Waals surface area contributed by atoms with Crippen LogP contribution in [0.4, 0.5) is 14.6 Å². The van der Waals surface area contributed by atoms with Crippen molar-refractivity contribution >= 4 is 11.5 Å². The van der Waals surface area contributed by atoms with Crippen LogP contribution in [-0.4, -0.2) is 25.5 Å². The number of fused-ring (bicyclic) bond motifs is 1. The summed E-state index contributed by atoms with van der Waals surface area (Å²) in [6, 6.07) is 0. The van der Waals surface area contributed by atoms with Crippen LogP contribution < -0.4 is 5.73 Å². The number of hydrogen-bond donors (Lipinski definition) is 1. The van der Waals surface area contributed by atoms with Crippen molar-refractivity contribution in [1.29, 1.82) is 0 Å². The van der Waals surface area contributed by atoms with Gasteiger partial charge in [-0.05, 0) is 11.8 Å². The molecule has 0 saturated heterocycles. The van der Waals surface area contributed by atoms with Crippen molar-refractivity contribution in [1.82, 2.24) is 19.6 Å². The largest absolute Gasteiger partial charge is 0.381 e. The van der Waals surface area contributed by atoms with Crippen LogP contribution in [0.1, 0.15) is 44.9 Å². The summed E-state index contributed by atoms with van der Waals surface area (Å²) in [5, 5.41) is 8.04. The van der Waals surface area contributed by atoms with Gasteiger partial charge in [0.1, 0.15) is 5.82 Å². The van der Waals surface area contributed by atoms with Gasteiger partial charge in [-0.3, -0.25) is 4.40 Å². The van der Waals surface area contributed by atoms with Crippen LogP contribution in [-0.2, 0) is 0 Å². The van der Waals surface area contributed by atoms with E-state index in [-0.39, 0.29) is 24.6 Å². The molecule has 1 unspecified atom stereocenters. The molecule has 1 aliphatic rings. The highest BCUT2D eigenvalue weighted by molar-refractivity contribution is 5.58. The molecule has 0 aromatic carbocycles. The van der Waals surface area contributed by atoms with Gasteiger partial charge in [-0.1, -0.05) is 13.8 Å². The standard InChI is InChI=1S/C13H17F2N5/c1-12(2)5-8(6-13(14,15)7-12)10-18-19-11-9(16)17-3-4-20(10)11/h3-4,8H,5-7H2,1-2H3,(H2,16,17). The molecule has 2 heterocycles. The monoisotopic (exact) mass is 281 g/mol. The molecule has 108 valence electrons. The zero-order valence-corrected chi connectivity index (χ0v) is 11.5. The van der Waals surface area contributed by atoms with Crippen molar-refractivity contribution in [3.63, 3.8) is 0 Å². The Hall–Kier alpha value is -1.79. The molecule has 2 aromatic heterocycles. The first kappa shape index (κ1) is 13.2. The lowest BCUT2D eigenvalue weighted by molar-refractivity contribution is -0.0818. The summed E-state index contributed by atoms with van der Waals surface area (Å²) in [5.74, 6) is -2.20. The van der Waals surface area contributed by atoms with E-state index in [0.29, 0.717) is 17.9 Å². The minimum Gasteiger partial charge on any atom is -0.381 e.